The minimum absolute atomic E-state index is 0.00556. The van der Waals surface area contributed by atoms with Crippen molar-refractivity contribution in [2.75, 3.05) is 32.5 Å². The van der Waals surface area contributed by atoms with Crippen LogP contribution in [-0.4, -0.2) is 42.6 Å². The normalized spacial score (nSPS) is 16.5. The Morgan fingerprint density at radius 3 is 2.83 bits per heavy atom. The van der Waals surface area contributed by atoms with Gasteiger partial charge in [-0.25, -0.2) is 4.98 Å². The fourth-order valence-electron chi connectivity index (χ4n) is 2.15. The molecule has 0 radical (unpaired) electrons. The summed E-state index contributed by atoms with van der Waals surface area (Å²) in [5, 5.41) is 0. The first kappa shape index (κ1) is 12.8. The van der Waals surface area contributed by atoms with Gasteiger partial charge in [0.05, 0.1) is 5.56 Å². The molecule has 1 fully saturated rings. The maximum absolute atomic E-state index is 12.1. The molecule has 0 unspecified atom stereocenters. The Morgan fingerprint density at radius 1 is 1.50 bits per heavy atom. The summed E-state index contributed by atoms with van der Waals surface area (Å²) in [5.74, 6) is 0.960. The highest BCUT2D eigenvalue weighted by Gasteiger charge is 2.19. The van der Waals surface area contributed by atoms with Gasteiger partial charge in [0.1, 0.15) is 5.82 Å². The second-order valence-electron chi connectivity index (χ2n) is 4.71. The van der Waals surface area contributed by atoms with Crippen LogP contribution in [0.25, 0.3) is 0 Å². The molecule has 5 heteroatoms. The summed E-state index contributed by atoms with van der Waals surface area (Å²) in [7, 11) is 1.83. The van der Waals surface area contributed by atoms with Crippen LogP contribution in [0.3, 0.4) is 0 Å². The van der Waals surface area contributed by atoms with Gasteiger partial charge in [-0.2, -0.15) is 0 Å². The molecule has 1 aromatic heterocycles. The van der Waals surface area contributed by atoms with Gasteiger partial charge in [0.15, 0.2) is 0 Å². The van der Waals surface area contributed by atoms with Crippen LogP contribution in [0, 0.1) is 5.92 Å². The van der Waals surface area contributed by atoms with Crippen molar-refractivity contribution < 1.29 is 9.53 Å². The van der Waals surface area contributed by atoms with Crippen molar-refractivity contribution in [1.82, 2.24) is 9.88 Å². The average Bonchev–Trinajstić information content (AvgIpc) is 2.40. The standard InChI is InChI=1S/C13H19N3O2/c1-16(9-10-4-6-18-7-5-10)13(17)11-2-3-12(14)15-8-11/h2-3,8,10H,4-7,9H2,1H3,(H2,14,15). The number of ether oxygens (including phenoxy) is 1. The first-order chi connectivity index (χ1) is 8.66. The van der Waals surface area contributed by atoms with Crippen molar-refractivity contribution in [2.24, 2.45) is 5.92 Å². The predicted molar refractivity (Wildman–Crippen MR) is 69.2 cm³/mol. The van der Waals surface area contributed by atoms with Gasteiger partial charge in [-0.3, -0.25) is 4.79 Å². The molecule has 98 valence electrons. The average molecular weight is 249 g/mol. The number of amides is 1. The second kappa shape index (κ2) is 5.82. The highest BCUT2D eigenvalue weighted by atomic mass is 16.5. The van der Waals surface area contributed by atoms with Crippen LogP contribution in [0.1, 0.15) is 23.2 Å². The summed E-state index contributed by atoms with van der Waals surface area (Å²) in [6, 6.07) is 3.36. The van der Waals surface area contributed by atoms with Crippen LogP contribution in [0.2, 0.25) is 0 Å². The van der Waals surface area contributed by atoms with Gasteiger partial charge >= 0.3 is 0 Å². The fraction of sp³-hybridized carbons (Fsp3) is 0.538. The van der Waals surface area contributed by atoms with E-state index < -0.39 is 0 Å². The zero-order chi connectivity index (χ0) is 13.0. The molecule has 0 aromatic carbocycles. The zero-order valence-electron chi connectivity index (χ0n) is 10.6. The maximum Gasteiger partial charge on any atom is 0.255 e. The van der Waals surface area contributed by atoms with Gasteiger partial charge in [0.25, 0.3) is 5.91 Å². The number of anilines is 1. The summed E-state index contributed by atoms with van der Waals surface area (Å²) in [4.78, 5) is 17.8. The number of nitrogens with two attached hydrogens (primary N) is 1. The second-order valence-corrected chi connectivity index (χ2v) is 4.71. The number of nitrogen functional groups attached to an aromatic ring is 1. The van der Waals surface area contributed by atoms with E-state index in [9.17, 15) is 4.79 Å². The van der Waals surface area contributed by atoms with Crippen molar-refractivity contribution in [3.8, 4) is 0 Å². The van der Waals surface area contributed by atoms with Gasteiger partial charge in [0.2, 0.25) is 0 Å². The SMILES string of the molecule is CN(CC1CCOCC1)C(=O)c1ccc(N)nc1. The monoisotopic (exact) mass is 249 g/mol. The molecule has 1 aliphatic heterocycles. The van der Waals surface area contributed by atoms with Gasteiger partial charge < -0.3 is 15.4 Å². The van der Waals surface area contributed by atoms with Crippen molar-refractivity contribution in [2.45, 2.75) is 12.8 Å². The number of hydrogen-bond donors (Lipinski definition) is 1. The number of aromatic nitrogens is 1. The lowest BCUT2D eigenvalue weighted by molar-refractivity contribution is 0.0497. The Morgan fingerprint density at radius 2 is 2.22 bits per heavy atom. The smallest absolute Gasteiger partial charge is 0.255 e. The quantitative estimate of drug-likeness (QED) is 0.873. The topological polar surface area (TPSA) is 68.5 Å². The van der Waals surface area contributed by atoms with Crippen LogP contribution < -0.4 is 5.73 Å². The molecule has 5 nitrogen and oxygen atoms in total. The van der Waals surface area contributed by atoms with Crippen LogP contribution in [-0.2, 0) is 4.74 Å². The Balaban J connectivity index is 1.93. The highest BCUT2D eigenvalue weighted by molar-refractivity contribution is 5.93. The van der Waals surface area contributed by atoms with E-state index in [1.807, 2.05) is 7.05 Å². The molecule has 0 aliphatic carbocycles. The summed E-state index contributed by atoms with van der Waals surface area (Å²) < 4.78 is 5.31. The highest BCUT2D eigenvalue weighted by Crippen LogP contribution is 2.16. The van der Waals surface area contributed by atoms with Gasteiger partial charge in [-0.05, 0) is 30.9 Å². The lowest BCUT2D eigenvalue weighted by Crippen LogP contribution is -2.34. The molecule has 0 atom stereocenters. The largest absolute Gasteiger partial charge is 0.384 e. The first-order valence-electron chi connectivity index (χ1n) is 6.21. The van der Waals surface area contributed by atoms with Gasteiger partial charge in [-0.15, -0.1) is 0 Å². The molecule has 1 aromatic rings. The lowest BCUT2D eigenvalue weighted by atomic mass is 10.00. The Hall–Kier alpha value is -1.62. The van der Waals surface area contributed by atoms with Crippen molar-refractivity contribution in [3.63, 3.8) is 0 Å². The van der Waals surface area contributed by atoms with Crippen molar-refractivity contribution in [3.05, 3.63) is 23.9 Å². The minimum atomic E-state index is -0.00556. The number of hydrogen-bond acceptors (Lipinski definition) is 4. The summed E-state index contributed by atoms with van der Waals surface area (Å²) in [6.07, 6.45) is 3.58. The Bertz CT molecular complexity index is 399. The number of rotatable bonds is 3. The van der Waals surface area contributed by atoms with Crippen molar-refractivity contribution >= 4 is 11.7 Å². The number of carbonyl (C=O) groups is 1. The van der Waals surface area contributed by atoms with E-state index in [2.05, 4.69) is 4.98 Å². The third kappa shape index (κ3) is 3.20. The van der Waals surface area contributed by atoms with Gasteiger partial charge in [0, 0.05) is 33.0 Å². The number of nitrogens with zero attached hydrogens (tertiary/aromatic N) is 2. The van der Waals surface area contributed by atoms with Crippen LogP contribution >= 0.6 is 0 Å². The number of pyridine rings is 1. The van der Waals surface area contributed by atoms with Crippen LogP contribution in [0.4, 0.5) is 5.82 Å². The third-order valence-electron chi connectivity index (χ3n) is 3.25. The first-order valence-corrected chi connectivity index (χ1v) is 6.21. The van der Waals surface area contributed by atoms with E-state index in [1.54, 1.807) is 17.0 Å². The number of carbonyl (C=O) groups excluding carboxylic acids is 1. The Labute approximate surface area is 107 Å². The molecule has 2 heterocycles. The molecule has 1 amide bonds. The van der Waals surface area contributed by atoms with E-state index in [4.69, 9.17) is 10.5 Å². The summed E-state index contributed by atoms with van der Waals surface area (Å²) >= 11 is 0. The molecular weight excluding hydrogens is 230 g/mol. The van der Waals surface area contributed by atoms with E-state index in [0.29, 0.717) is 17.3 Å². The van der Waals surface area contributed by atoms with Crippen LogP contribution in [0.15, 0.2) is 18.3 Å². The molecule has 2 N–H and O–H groups in total. The molecule has 2 rings (SSSR count). The lowest BCUT2D eigenvalue weighted by Gasteiger charge is -2.27. The Kier molecular flexibility index (Phi) is 4.15. The third-order valence-corrected chi connectivity index (χ3v) is 3.25. The predicted octanol–water partition coefficient (Wildman–Crippen LogP) is 1.16. The van der Waals surface area contributed by atoms with Crippen molar-refractivity contribution in [1.29, 1.82) is 0 Å². The van der Waals surface area contributed by atoms with E-state index in [-0.39, 0.29) is 5.91 Å². The summed E-state index contributed by atoms with van der Waals surface area (Å²) in [5.41, 5.74) is 6.08. The van der Waals surface area contributed by atoms with E-state index in [1.165, 1.54) is 6.20 Å². The van der Waals surface area contributed by atoms with Gasteiger partial charge in [-0.1, -0.05) is 0 Å². The van der Waals surface area contributed by atoms with E-state index >= 15 is 0 Å². The minimum Gasteiger partial charge on any atom is -0.384 e. The summed E-state index contributed by atoms with van der Waals surface area (Å²) in [6.45, 7) is 2.37. The molecule has 1 aliphatic rings. The molecule has 0 saturated carbocycles. The molecule has 0 spiro atoms. The van der Waals surface area contributed by atoms with Crippen LogP contribution in [0.5, 0.6) is 0 Å². The molecular formula is C13H19N3O2. The fourth-order valence-corrected chi connectivity index (χ4v) is 2.15. The molecule has 1 saturated heterocycles. The molecule has 18 heavy (non-hydrogen) atoms. The van der Waals surface area contributed by atoms with E-state index in [0.717, 1.165) is 32.6 Å². The maximum atomic E-state index is 12.1. The zero-order valence-corrected chi connectivity index (χ0v) is 10.6. The molecule has 0 bridgehead atoms.